The van der Waals surface area contributed by atoms with E-state index in [1.54, 1.807) is 26.2 Å². The zero-order chi connectivity index (χ0) is 19.0. The topological polar surface area (TPSA) is 99.7 Å². The molecule has 2 aromatic heterocycles. The first-order valence-corrected chi connectivity index (χ1v) is 10.2. The highest BCUT2D eigenvalue weighted by atomic mass is 79.9. The molecule has 0 saturated carbocycles. The standard InChI is InChI=1S/C10H11BrN2O2S.C5H3BrN2S/c1-10(2,3)15-9(14)6(4-12)8-13-7(11)5-16-8;6-4-3-9-5(8-4)1-2-7/h5-6H,1-3H3;3H,1H2. The van der Waals surface area contributed by atoms with Crippen LogP contribution in [0.1, 0.15) is 36.7 Å². The number of nitrogens with zero attached hydrogens (tertiary/aromatic N) is 4. The Kier molecular flexibility index (Phi) is 8.66. The van der Waals surface area contributed by atoms with Gasteiger partial charge in [0.25, 0.3) is 0 Å². The first kappa shape index (κ1) is 21.7. The molecule has 2 aromatic rings. The highest BCUT2D eigenvalue weighted by Crippen LogP contribution is 2.25. The predicted molar refractivity (Wildman–Crippen MR) is 103 cm³/mol. The summed E-state index contributed by atoms with van der Waals surface area (Å²) in [5.41, 5.74) is -0.597. The normalized spacial score (nSPS) is 11.5. The Morgan fingerprint density at radius 1 is 1.24 bits per heavy atom. The van der Waals surface area contributed by atoms with Crippen molar-refractivity contribution in [2.24, 2.45) is 0 Å². The van der Waals surface area contributed by atoms with Crippen LogP contribution in [0.2, 0.25) is 0 Å². The van der Waals surface area contributed by atoms with Crippen molar-refractivity contribution >= 4 is 60.5 Å². The third-order valence-electron chi connectivity index (χ3n) is 2.27. The van der Waals surface area contributed by atoms with Gasteiger partial charge in [0.05, 0.1) is 18.6 Å². The van der Waals surface area contributed by atoms with Crippen molar-refractivity contribution < 1.29 is 9.53 Å². The van der Waals surface area contributed by atoms with Crippen molar-refractivity contribution in [1.29, 1.82) is 10.5 Å². The number of hydrogen-bond acceptors (Lipinski definition) is 8. The van der Waals surface area contributed by atoms with Gasteiger partial charge >= 0.3 is 5.97 Å². The zero-order valence-electron chi connectivity index (χ0n) is 13.6. The monoisotopic (exact) mass is 504 g/mol. The van der Waals surface area contributed by atoms with Crippen molar-refractivity contribution in [2.75, 3.05) is 0 Å². The molecule has 10 heteroatoms. The quantitative estimate of drug-likeness (QED) is 0.554. The lowest BCUT2D eigenvalue weighted by molar-refractivity contribution is -0.155. The van der Waals surface area contributed by atoms with E-state index in [0.717, 1.165) is 9.61 Å². The molecular formula is C15H14Br2N4O2S2. The van der Waals surface area contributed by atoms with E-state index < -0.39 is 17.5 Å². The van der Waals surface area contributed by atoms with Gasteiger partial charge in [0.2, 0.25) is 0 Å². The van der Waals surface area contributed by atoms with Gasteiger partial charge in [-0.15, -0.1) is 22.7 Å². The van der Waals surface area contributed by atoms with Gasteiger partial charge in [0.15, 0.2) is 5.92 Å². The Morgan fingerprint density at radius 3 is 2.24 bits per heavy atom. The van der Waals surface area contributed by atoms with E-state index in [1.807, 2.05) is 17.5 Å². The molecule has 25 heavy (non-hydrogen) atoms. The molecule has 1 unspecified atom stereocenters. The minimum atomic E-state index is -0.949. The van der Waals surface area contributed by atoms with Crippen LogP contribution in [-0.2, 0) is 16.0 Å². The first-order valence-electron chi connectivity index (χ1n) is 6.86. The Balaban J connectivity index is 0.000000293. The number of carbonyl (C=O) groups is 1. The van der Waals surface area contributed by atoms with Crippen LogP contribution in [-0.4, -0.2) is 21.5 Å². The van der Waals surface area contributed by atoms with Crippen molar-refractivity contribution in [1.82, 2.24) is 9.97 Å². The summed E-state index contributed by atoms with van der Waals surface area (Å²) in [6.45, 7) is 5.28. The molecule has 2 heterocycles. The number of ether oxygens (including phenoxy) is 1. The third-order valence-corrected chi connectivity index (χ3v) is 5.44. The molecule has 0 aliphatic rings. The van der Waals surface area contributed by atoms with E-state index in [9.17, 15) is 4.79 Å². The number of rotatable bonds is 3. The van der Waals surface area contributed by atoms with E-state index in [1.165, 1.54) is 22.7 Å². The van der Waals surface area contributed by atoms with Gasteiger partial charge < -0.3 is 4.74 Å². The number of aromatic nitrogens is 2. The average Bonchev–Trinajstić information content (AvgIpc) is 3.08. The molecule has 0 radical (unpaired) electrons. The Morgan fingerprint density at radius 2 is 1.84 bits per heavy atom. The van der Waals surface area contributed by atoms with Gasteiger partial charge in [-0.3, -0.25) is 4.79 Å². The molecular weight excluding hydrogens is 492 g/mol. The second-order valence-electron chi connectivity index (χ2n) is 5.50. The molecule has 0 bridgehead atoms. The number of nitriles is 2. The van der Waals surface area contributed by atoms with Crippen LogP contribution in [0.4, 0.5) is 0 Å². The second-order valence-corrected chi connectivity index (χ2v) is 8.96. The lowest BCUT2D eigenvalue weighted by Crippen LogP contribution is -2.27. The second kappa shape index (κ2) is 9.97. The van der Waals surface area contributed by atoms with E-state index >= 15 is 0 Å². The molecule has 0 spiro atoms. The SMILES string of the molecule is CC(C)(C)OC(=O)C(C#N)c1nc(Br)cs1.N#CCc1nc(Br)cs1. The Bertz CT molecular complexity index is 800. The average molecular weight is 506 g/mol. The van der Waals surface area contributed by atoms with Crippen LogP contribution < -0.4 is 0 Å². The lowest BCUT2D eigenvalue weighted by atomic mass is 10.1. The molecule has 0 saturated heterocycles. The summed E-state index contributed by atoms with van der Waals surface area (Å²) in [6, 6.07) is 3.93. The van der Waals surface area contributed by atoms with E-state index in [2.05, 4.69) is 41.8 Å². The maximum atomic E-state index is 11.7. The van der Waals surface area contributed by atoms with Crippen LogP contribution in [0.15, 0.2) is 20.0 Å². The molecule has 0 aliphatic heterocycles. The number of thiazole rings is 2. The summed E-state index contributed by atoms with van der Waals surface area (Å²) in [5, 5.41) is 22.1. The van der Waals surface area contributed by atoms with Crippen LogP contribution in [0.3, 0.4) is 0 Å². The van der Waals surface area contributed by atoms with Crippen LogP contribution in [0, 0.1) is 22.7 Å². The molecule has 0 amide bonds. The van der Waals surface area contributed by atoms with Gasteiger partial charge in [0, 0.05) is 10.8 Å². The number of esters is 1. The number of hydrogen-bond donors (Lipinski definition) is 0. The largest absolute Gasteiger partial charge is 0.459 e. The van der Waals surface area contributed by atoms with E-state index in [-0.39, 0.29) is 0 Å². The van der Waals surface area contributed by atoms with Crippen LogP contribution in [0.5, 0.6) is 0 Å². The molecule has 0 aromatic carbocycles. The van der Waals surface area contributed by atoms with Gasteiger partial charge in [-0.1, -0.05) is 0 Å². The fourth-order valence-electron chi connectivity index (χ4n) is 1.41. The van der Waals surface area contributed by atoms with Gasteiger partial charge in [-0.2, -0.15) is 10.5 Å². The summed E-state index contributed by atoms with van der Waals surface area (Å²) in [4.78, 5) is 19.8. The predicted octanol–water partition coefficient (Wildman–Crippen LogP) is 4.83. The van der Waals surface area contributed by atoms with Crippen molar-refractivity contribution in [3.8, 4) is 12.1 Å². The Hall–Kier alpha value is -1.33. The zero-order valence-corrected chi connectivity index (χ0v) is 18.4. The minimum absolute atomic E-state index is 0.413. The minimum Gasteiger partial charge on any atom is -0.459 e. The van der Waals surface area contributed by atoms with Crippen molar-refractivity contribution in [3.05, 3.63) is 30.0 Å². The van der Waals surface area contributed by atoms with Gasteiger partial charge in [-0.25, -0.2) is 9.97 Å². The summed E-state index contributed by atoms with van der Waals surface area (Å²) in [7, 11) is 0. The van der Waals surface area contributed by atoms with Gasteiger partial charge in [-0.05, 0) is 52.6 Å². The Labute approximate surface area is 170 Å². The fourth-order valence-corrected chi connectivity index (χ4v) is 3.90. The molecule has 132 valence electrons. The molecule has 6 nitrogen and oxygen atoms in total. The van der Waals surface area contributed by atoms with Crippen LogP contribution >= 0.6 is 54.5 Å². The highest BCUT2D eigenvalue weighted by Gasteiger charge is 2.28. The maximum Gasteiger partial charge on any atom is 0.330 e. The van der Waals surface area contributed by atoms with Crippen molar-refractivity contribution in [2.45, 2.75) is 38.7 Å². The van der Waals surface area contributed by atoms with Gasteiger partial charge in [0.1, 0.15) is 24.8 Å². The molecule has 0 N–H and O–H groups in total. The smallest absolute Gasteiger partial charge is 0.330 e. The number of carbonyl (C=O) groups excluding carboxylic acids is 1. The number of halogens is 2. The summed E-state index contributed by atoms with van der Waals surface area (Å²) >= 11 is 9.12. The van der Waals surface area contributed by atoms with E-state index in [4.69, 9.17) is 15.3 Å². The van der Waals surface area contributed by atoms with Crippen LogP contribution in [0.25, 0.3) is 0 Å². The van der Waals surface area contributed by atoms with Crippen molar-refractivity contribution in [3.63, 3.8) is 0 Å². The molecule has 0 aliphatic carbocycles. The highest BCUT2D eigenvalue weighted by molar-refractivity contribution is 9.10. The van der Waals surface area contributed by atoms with E-state index in [0.29, 0.717) is 16.0 Å². The maximum absolute atomic E-state index is 11.7. The molecule has 0 fully saturated rings. The summed E-state index contributed by atoms with van der Waals surface area (Å²) < 4.78 is 6.58. The fraction of sp³-hybridized carbons (Fsp3) is 0.400. The third kappa shape index (κ3) is 8.06. The summed E-state index contributed by atoms with van der Waals surface area (Å²) in [5.74, 6) is -1.51. The summed E-state index contributed by atoms with van der Waals surface area (Å²) in [6.07, 6.45) is 0.413. The molecule has 1 atom stereocenters. The first-order chi connectivity index (χ1) is 11.7. The lowest BCUT2D eigenvalue weighted by Gasteiger charge is -2.20. The molecule has 2 rings (SSSR count).